The van der Waals surface area contributed by atoms with Crippen LogP contribution in [0.1, 0.15) is 11.4 Å². The molecule has 1 fully saturated rings. The summed E-state index contributed by atoms with van der Waals surface area (Å²) in [5.41, 5.74) is 2.30. The van der Waals surface area contributed by atoms with Crippen LogP contribution in [0.4, 0.5) is 0 Å². The first-order valence-electron chi connectivity index (χ1n) is 9.63. The van der Waals surface area contributed by atoms with Crippen molar-refractivity contribution in [2.75, 3.05) is 26.3 Å². The first kappa shape index (κ1) is 18.7. The molecule has 0 aliphatic carbocycles. The Labute approximate surface area is 177 Å². The van der Waals surface area contributed by atoms with E-state index in [4.69, 9.17) is 19.4 Å². The maximum atomic E-state index is 6.32. The van der Waals surface area contributed by atoms with Crippen LogP contribution >= 0.6 is 22.7 Å². The molecule has 5 nitrogen and oxygen atoms in total. The normalized spacial score (nSPS) is 15.1. The quantitative estimate of drug-likeness (QED) is 0.433. The molecule has 29 heavy (non-hydrogen) atoms. The highest BCUT2D eigenvalue weighted by Gasteiger charge is 2.20. The van der Waals surface area contributed by atoms with E-state index < -0.39 is 0 Å². The fourth-order valence-corrected chi connectivity index (χ4v) is 5.23. The van der Waals surface area contributed by atoms with E-state index in [1.165, 1.54) is 4.88 Å². The third kappa shape index (κ3) is 4.04. The zero-order valence-electron chi connectivity index (χ0n) is 16.1. The molecule has 0 bridgehead atoms. The topological polar surface area (TPSA) is 47.5 Å². The largest absolute Gasteiger partial charge is 0.438 e. The lowest BCUT2D eigenvalue weighted by atomic mass is 10.2. The standard InChI is InChI=1S/C22H21N3O2S2/c1-15-4-2-5-16(12-15)27-21-20-17(18-6-3-11-28-18)14-29-22(20)24-19(23-21)13-25-7-9-26-10-8-25/h2-6,11-12,14H,7-10,13H2,1H3. The Kier molecular flexibility index (Phi) is 5.28. The number of hydrogen-bond donors (Lipinski definition) is 0. The van der Waals surface area contributed by atoms with Crippen molar-refractivity contribution in [3.8, 4) is 22.1 Å². The Morgan fingerprint density at radius 2 is 2.00 bits per heavy atom. The van der Waals surface area contributed by atoms with Crippen LogP contribution in [0.2, 0.25) is 0 Å². The molecule has 0 saturated carbocycles. The zero-order valence-corrected chi connectivity index (χ0v) is 17.8. The average Bonchev–Trinajstić information content (AvgIpc) is 3.38. The van der Waals surface area contributed by atoms with Gasteiger partial charge in [0.2, 0.25) is 5.88 Å². The monoisotopic (exact) mass is 423 g/mol. The van der Waals surface area contributed by atoms with Crippen molar-refractivity contribution in [2.24, 2.45) is 0 Å². The SMILES string of the molecule is Cc1cccc(Oc2nc(CN3CCOCC3)nc3scc(-c4cccs4)c23)c1. The minimum atomic E-state index is 0.633. The summed E-state index contributed by atoms with van der Waals surface area (Å²) in [7, 11) is 0. The molecule has 1 aliphatic rings. The summed E-state index contributed by atoms with van der Waals surface area (Å²) in [5.74, 6) is 2.22. The summed E-state index contributed by atoms with van der Waals surface area (Å²) in [6.07, 6.45) is 0. The third-order valence-corrected chi connectivity index (χ3v) is 6.68. The van der Waals surface area contributed by atoms with Crippen molar-refractivity contribution in [2.45, 2.75) is 13.5 Å². The molecule has 5 rings (SSSR count). The van der Waals surface area contributed by atoms with Gasteiger partial charge >= 0.3 is 0 Å². The Morgan fingerprint density at radius 3 is 2.79 bits per heavy atom. The van der Waals surface area contributed by atoms with Crippen molar-refractivity contribution >= 4 is 32.9 Å². The Balaban J connectivity index is 1.58. The van der Waals surface area contributed by atoms with Gasteiger partial charge in [0.1, 0.15) is 16.4 Å². The number of aromatic nitrogens is 2. The summed E-state index contributed by atoms with van der Waals surface area (Å²) in [6.45, 7) is 6.09. The highest BCUT2D eigenvalue weighted by Crippen LogP contribution is 2.41. The molecule has 4 heterocycles. The smallest absolute Gasteiger partial charge is 0.232 e. The number of fused-ring (bicyclic) bond motifs is 1. The number of morpholine rings is 1. The maximum Gasteiger partial charge on any atom is 0.232 e. The molecule has 0 atom stereocenters. The van der Waals surface area contributed by atoms with Gasteiger partial charge in [-0.3, -0.25) is 4.90 Å². The van der Waals surface area contributed by atoms with Gasteiger partial charge < -0.3 is 9.47 Å². The van der Waals surface area contributed by atoms with E-state index in [-0.39, 0.29) is 0 Å². The molecule has 3 aromatic heterocycles. The van der Waals surface area contributed by atoms with E-state index in [0.29, 0.717) is 12.4 Å². The van der Waals surface area contributed by atoms with Crippen LogP contribution in [0.15, 0.2) is 47.2 Å². The van der Waals surface area contributed by atoms with Gasteiger partial charge in [-0.25, -0.2) is 4.98 Å². The molecule has 4 aromatic rings. The minimum absolute atomic E-state index is 0.633. The summed E-state index contributed by atoms with van der Waals surface area (Å²) in [6, 6.07) is 12.3. The molecule has 0 N–H and O–H groups in total. The number of rotatable bonds is 5. The molecule has 0 spiro atoms. The predicted molar refractivity (Wildman–Crippen MR) is 118 cm³/mol. The van der Waals surface area contributed by atoms with Crippen LogP contribution in [0.5, 0.6) is 11.6 Å². The number of aryl methyl sites for hydroxylation is 1. The second-order valence-corrected chi connectivity index (χ2v) is 8.86. The van der Waals surface area contributed by atoms with Gasteiger partial charge in [-0.05, 0) is 36.1 Å². The van der Waals surface area contributed by atoms with E-state index in [1.54, 1.807) is 22.7 Å². The van der Waals surface area contributed by atoms with Crippen LogP contribution in [-0.4, -0.2) is 41.2 Å². The number of benzene rings is 1. The van der Waals surface area contributed by atoms with Crippen molar-refractivity contribution in [1.82, 2.24) is 14.9 Å². The van der Waals surface area contributed by atoms with Crippen LogP contribution in [0, 0.1) is 6.92 Å². The van der Waals surface area contributed by atoms with Crippen molar-refractivity contribution < 1.29 is 9.47 Å². The van der Waals surface area contributed by atoms with Gasteiger partial charge in [0.15, 0.2) is 0 Å². The van der Waals surface area contributed by atoms with Gasteiger partial charge in [-0.15, -0.1) is 22.7 Å². The third-order valence-electron chi connectivity index (χ3n) is 4.91. The molecule has 0 radical (unpaired) electrons. The number of thiophene rings is 2. The second-order valence-electron chi connectivity index (χ2n) is 7.06. The lowest BCUT2D eigenvalue weighted by molar-refractivity contribution is 0.0330. The molecular formula is C22H21N3O2S2. The van der Waals surface area contributed by atoms with Gasteiger partial charge in [0.05, 0.1) is 25.1 Å². The van der Waals surface area contributed by atoms with E-state index in [2.05, 4.69) is 40.8 Å². The Hall–Kier alpha value is -2.32. The molecule has 1 aliphatic heterocycles. The molecule has 148 valence electrons. The number of hydrogen-bond acceptors (Lipinski definition) is 7. The molecule has 1 saturated heterocycles. The summed E-state index contributed by atoms with van der Waals surface area (Å²) >= 11 is 3.37. The molecule has 7 heteroatoms. The molecule has 0 unspecified atom stereocenters. The minimum Gasteiger partial charge on any atom is -0.438 e. The van der Waals surface area contributed by atoms with Gasteiger partial charge in [0.25, 0.3) is 0 Å². The number of nitrogens with zero attached hydrogens (tertiary/aromatic N) is 3. The molecular weight excluding hydrogens is 402 g/mol. The van der Waals surface area contributed by atoms with Crippen molar-refractivity contribution in [3.63, 3.8) is 0 Å². The average molecular weight is 424 g/mol. The molecule has 0 amide bonds. The van der Waals surface area contributed by atoms with Gasteiger partial charge in [-0.1, -0.05) is 18.2 Å². The predicted octanol–water partition coefficient (Wildman–Crippen LogP) is 5.35. The van der Waals surface area contributed by atoms with Crippen LogP contribution in [-0.2, 0) is 11.3 Å². The van der Waals surface area contributed by atoms with Crippen LogP contribution < -0.4 is 4.74 Å². The first-order valence-corrected chi connectivity index (χ1v) is 11.4. The first-order chi connectivity index (χ1) is 14.3. The fraction of sp³-hybridized carbons (Fsp3) is 0.273. The van der Waals surface area contributed by atoms with Gasteiger partial charge in [0, 0.05) is 28.9 Å². The van der Waals surface area contributed by atoms with Crippen LogP contribution in [0.25, 0.3) is 20.7 Å². The van der Waals surface area contributed by atoms with Crippen LogP contribution in [0.3, 0.4) is 0 Å². The summed E-state index contributed by atoms with van der Waals surface area (Å²) in [4.78, 5) is 14.2. The maximum absolute atomic E-state index is 6.32. The lowest BCUT2D eigenvalue weighted by Gasteiger charge is -2.25. The highest BCUT2D eigenvalue weighted by molar-refractivity contribution is 7.18. The van der Waals surface area contributed by atoms with Crippen molar-refractivity contribution in [1.29, 1.82) is 0 Å². The fourth-order valence-electron chi connectivity index (χ4n) is 3.46. The number of ether oxygens (including phenoxy) is 2. The summed E-state index contributed by atoms with van der Waals surface area (Å²) in [5, 5.41) is 5.24. The molecule has 1 aromatic carbocycles. The van der Waals surface area contributed by atoms with Crippen molar-refractivity contribution in [3.05, 3.63) is 58.5 Å². The van der Waals surface area contributed by atoms with E-state index in [0.717, 1.165) is 59.2 Å². The Bertz CT molecular complexity index is 1120. The van der Waals surface area contributed by atoms with E-state index >= 15 is 0 Å². The highest BCUT2D eigenvalue weighted by atomic mass is 32.1. The van der Waals surface area contributed by atoms with E-state index in [1.807, 2.05) is 18.2 Å². The summed E-state index contributed by atoms with van der Waals surface area (Å²) < 4.78 is 11.8. The lowest BCUT2D eigenvalue weighted by Crippen LogP contribution is -2.36. The zero-order chi connectivity index (χ0) is 19.6. The van der Waals surface area contributed by atoms with Gasteiger partial charge in [-0.2, -0.15) is 4.98 Å². The Morgan fingerprint density at radius 1 is 1.10 bits per heavy atom. The second kappa shape index (κ2) is 8.20. The van der Waals surface area contributed by atoms with E-state index in [9.17, 15) is 0 Å².